The van der Waals surface area contributed by atoms with E-state index in [0.29, 0.717) is 0 Å². The van der Waals surface area contributed by atoms with E-state index in [1.165, 1.54) is 5.56 Å². The Morgan fingerprint density at radius 3 is 2.39 bits per heavy atom. The molecular weight excluding hydrogens is 220 g/mol. The summed E-state index contributed by atoms with van der Waals surface area (Å²) in [4.78, 5) is 12.7. The van der Waals surface area contributed by atoms with Crippen LogP contribution in [0.15, 0.2) is 54.6 Å². The average molecular weight is 236 g/mol. The maximum Gasteiger partial charge on any atom is 0.173 e. The Morgan fingerprint density at radius 2 is 1.61 bits per heavy atom. The molecule has 1 nitrogen and oxygen atoms in total. The minimum atomic E-state index is -0.365. The van der Waals surface area contributed by atoms with E-state index >= 15 is 0 Å². The van der Waals surface area contributed by atoms with Crippen molar-refractivity contribution in [2.75, 3.05) is 0 Å². The van der Waals surface area contributed by atoms with E-state index in [9.17, 15) is 4.79 Å². The number of fused-ring (bicyclic) bond motifs is 1. The van der Waals surface area contributed by atoms with Crippen LogP contribution in [0.5, 0.6) is 0 Å². The van der Waals surface area contributed by atoms with Crippen LogP contribution >= 0.6 is 0 Å². The standard InChI is InChI=1S/C17H16O/c1-17(14-8-3-2-4-9-14)12-11-13-7-5-6-10-15(13)16(17)18/h2-10H,11-12H2,1H3/t17-/m1/s1. The molecule has 0 spiro atoms. The summed E-state index contributed by atoms with van der Waals surface area (Å²) in [5.74, 6) is 0.260. The van der Waals surface area contributed by atoms with Gasteiger partial charge in [-0.05, 0) is 30.9 Å². The maximum atomic E-state index is 12.7. The number of carbonyl (C=O) groups excluding carboxylic acids is 1. The first-order valence-electron chi connectivity index (χ1n) is 6.40. The van der Waals surface area contributed by atoms with Gasteiger partial charge in [-0.25, -0.2) is 0 Å². The summed E-state index contributed by atoms with van der Waals surface area (Å²) in [5, 5.41) is 0. The lowest BCUT2D eigenvalue weighted by Crippen LogP contribution is -2.37. The third kappa shape index (κ3) is 1.59. The summed E-state index contributed by atoms with van der Waals surface area (Å²) in [6.45, 7) is 2.07. The molecule has 0 fully saturated rings. The van der Waals surface area contributed by atoms with Crippen molar-refractivity contribution < 1.29 is 4.79 Å². The van der Waals surface area contributed by atoms with E-state index in [4.69, 9.17) is 0 Å². The van der Waals surface area contributed by atoms with Crippen molar-refractivity contribution in [2.45, 2.75) is 25.2 Å². The van der Waals surface area contributed by atoms with Gasteiger partial charge >= 0.3 is 0 Å². The van der Waals surface area contributed by atoms with Crippen LogP contribution in [0.3, 0.4) is 0 Å². The van der Waals surface area contributed by atoms with E-state index in [1.54, 1.807) is 0 Å². The summed E-state index contributed by atoms with van der Waals surface area (Å²) in [7, 11) is 0. The third-order valence-corrected chi connectivity index (χ3v) is 4.07. The Labute approximate surface area is 107 Å². The summed E-state index contributed by atoms with van der Waals surface area (Å²) in [6.07, 6.45) is 1.88. The lowest BCUT2D eigenvalue weighted by molar-refractivity contribution is 0.0875. The van der Waals surface area contributed by atoms with Gasteiger partial charge in [-0.3, -0.25) is 4.79 Å². The molecule has 0 aromatic heterocycles. The maximum absolute atomic E-state index is 12.7. The molecule has 0 aliphatic heterocycles. The molecule has 0 N–H and O–H groups in total. The van der Waals surface area contributed by atoms with Crippen molar-refractivity contribution in [3.8, 4) is 0 Å². The van der Waals surface area contributed by atoms with Crippen LogP contribution in [0.25, 0.3) is 0 Å². The summed E-state index contributed by atoms with van der Waals surface area (Å²) < 4.78 is 0. The van der Waals surface area contributed by atoms with Gasteiger partial charge in [-0.1, -0.05) is 54.6 Å². The second-order valence-electron chi connectivity index (χ2n) is 5.18. The smallest absolute Gasteiger partial charge is 0.173 e. The van der Waals surface area contributed by atoms with E-state index in [1.807, 2.05) is 36.4 Å². The zero-order valence-electron chi connectivity index (χ0n) is 10.5. The number of rotatable bonds is 1. The van der Waals surface area contributed by atoms with Crippen LogP contribution in [-0.2, 0) is 11.8 Å². The lowest BCUT2D eigenvalue weighted by atomic mass is 9.68. The third-order valence-electron chi connectivity index (χ3n) is 4.07. The number of Topliss-reactive ketones (excluding diaryl/α,β-unsaturated/α-hetero) is 1. The zero-order valence-corrected chi connectivity index (χ0v) is 10.5. The van der Waals surface area contributed by atoms with Crippen molar-refractivity contribution in [1.82, 2.24) is 0 Å². The van der Waals surface area contributed by atoms with Gasteiger partial charge in [0.05, 0.1) is 5.41 Å². The molecule has 1 aliphatic carbocycles. The summed E-state index contributed by atoms with van der Waals surface area (Å²) >= 11 is 0. The number of carbonyl (C=O) groups is 1. The van der Waals surface area contributed by atoms with Crippen LogP contribution in [-0.4, -0.2) is 5.78 Å². The molecule has 0 unspecified atom stereocenters. The molecule has 0 saturated heterocycles. The molecule has 0 heterocycles. The average Bonchev–Trinajstić information content (AvgIpc) is 2.44. The minimum Gasteiger partial charge on any atom is -0.293 e. The minimum absolute atomic E-state index is 0.260. The topological polar surface area (TPSA) is 17.1 Å². The van der Waals surface area contributed by atoms with Crippen molar-refractivity contribution in [1.29, 1.82) is 0 Å². The first-order chi connectivity index (χ1) is 8.72. The molecule has 0 radical (unpaired) electrons. The quantitative estimate of drug-likeness (QED) is 0.736. The first kappa shape index (κ1) is 11.2. The largest absolute Gasteiger partial charge is 0.293 e. The van der Waals surface area contributed by atoms with Crippen LogP contribution < -0.4 is 0 Å². The van der Waals surface area contributed by atoms with E-state index in [2.05, 4.69) is 25.1 Å². The number of aryl methyl sites for hydroxylation is 1. The predicted octanol–water partition coefficient (Wildman–Crippen LogP) is 3.77. The van der Waals surface area contributed by atoms with E-state index < -0.39 is 0 Å². The highest BCUT2D eigenvalue weighted by Crippen LogP contribution is 2.37. The van der Waals surface area contributed by atoms with Crippen LogP contribution in [0.1, 0.15) is 34.8 Å². The molecule has 1 heteroatoms. The van der Waals surface area contributed by atoms with Crippen LogP contribution in [0.4, 0.5) is 0 Å². The van der Waals surface area contributed by atoms with Gasteiger partial charge in [-0.15, -0.1) is 0 Å². The van der Waals surface area contributed by atoms with Gasteiger partial charge < -0.3 is 0 Å². The fraction of sp³-hybridized carbons (Fsp3) is 0.235. The first-order valence-corrected chi connectivity index (χ1v) is 6.40. The van der Waals surface area contributed by atoms with Gasteiger partial charge in [0, 0.05) is 5.56 Å². The van der Waals surface area contributed by atoms with Crippen molar-refractivity contribution in [3.05, 3.63) is 71.3 Å². The van der Waals surface area contributed by atoms with Gasteiger partial charge in [0.25, 0.3) is 0 Å². The monoisotopic (exact) mass is 236 g/mol. The highest BCUT2D eigenvalue weighted by Gasteiger charge is 2.39. The van der Waals surface area contributed by atoms with Crippen molar-refractivity contribution in [2.24, 2.45) is 0 Å². The molecule has 0 bridgehead atoms. The molecule has 2 aromatic carbocycles. The molecule has 18 heavy (non-hydrogen) atoms. The van der Waals surface area contributed by atoms with Crippen LogP contribution in [0.2, 0.25) is 0 Å². The molecule has 90 valence electrons. The number of hydrogen-bond donors (Lipinski definition) is 0. The van der Waals surface area contributed by atoms with E-state index in [0.717, 1.165) is 24.0 Å². The Kier molecular flexibility index (Phi) is 2.55. The summed E-state index contributed by atoms with van der Waals surface area (Å²) in [5.41, 5.74) is 2.85. The Bertz CT molecular complexity index is 586. The highest BCUT2D eigenvalue weighted by molar-refractivity contribution is 6.05. The predicted molar refractivity (Wildman–Crippen MR) is 72.9 cm³/mol. The Balaban J connectivity index is 2.10. The van der Waals surface area contributed by atoms with Gasteiger partial charge in [-0.2, -0.15) is 0 Å². The second-order valence-corrected chi connectivity index (χ2v) is 5.18. The fourth-order valence-corrected chi connectivity index (χ4v) is 2.84. The summed E-state index contributed by atoms with van der Waals surface area (Å²) in [6, 6.07) is 18.1. The SMILES string of the molecule is C[C@]1(c2ccccc2)CCc2ccccc2C1=O. The lowest BCUT2D eigenvalue weighted by Gasteiger charge is -2.33. The molecule has 1 aliphatic rings. The number of benzene rings is 2. The molecule has 1 atom stereocenters. The van der Waals surface area contributed by atoms with Gasteiger partial charge in [0.1, 0.15) is 0 Å². The molecule has 2 aromatic rings. The Morgan fingerprint density at radius 1 is 0.944 bits per heavy atom. The van der Waals surface area contributed by atoms with Crippen LogP contribution in [0, 0.1) is 0 Å². The number of hydrogen-bond acceptors (Lipinski definition) is 1. The molecule has 3 rings (SSSR count). The normalized spacial score (nSPS) is 22.6. The zero-order chi connectivity index (χ0) is 12.6. The van der Waals surface area contributed by atoms with E-state index in [-0.39, 0.29) is 11.2 Å². The molecule has 0 amide bonds. The number of ketones is 1. The highest BCUT2D eigenvalue weighted by atomic mass is 16.1. The molecule has 0 saturated carbocycles. The van der Waals surface area contributed by atoms with Crippen molar-refractivity contribution in [3.63, 3.8) is 0 Å². The van der Waals surface area contributed by atoms with Crippen molar-refractivity contribution >= 4 is 5.78 Å². The Hall–Kier alpha value is -1.89. The molecular formula is C17H16O. The van der Waals surface area contributed by atoms with Gasteiger partial charge in [0.15, 0.2) is 5.78 Å². The second kappa shape index (κ2) is 4.09. The van der Waals surface area contributed by atoms with Gasteiger partial charge in [0.2, 0.25) is 0 Å². The fourth-order valence-electron chi connectivity index (χ4n) is 2.84.